The first-order chi connectivity index (χ1) is 13.2. The molecular formula is C23H29N3O. The van der Waals surface area contributed by atoms with Gasteiger partial charge in [-0.2, -0.15) is 0 Å². The predicted octanol–water partition coefficient (Wildman–Crippen LogP) is 4.68. The molecule has 1 aliphatic heterocycles. The predicted molar refractivity (Wildman–Crippen MR) is 112 cm³/mol. The zero-order valence-electron chi connectivity index (χ0n) is 16.6. The number of rotatable bonds is 5. The number of benzene rings is 1. The fraction of sp³-hybridized carbons (Fsp3) is 0.435. The Morgan fingerprint density at radius 1 is 1.07 bits per heavy atom. The summed E-state index contributed by atoms with van der Waals surface area (Å²) in [5.74, 6) is 1.79. The third-order valence-corrected chi connectivity index (χ3v) is 6.11. The van der Waals surface area contributed by atoms with Gasteiger partial charge >= 0.3 is 0 Å². The molecule has 0 spiro atoms. The number of nitrogens with zero attached hydrogens (tertiary/aromatic N) is 3. The summed E-state index contributed by atoms with van der Waals surface area (Å²) in [6.45, 7) is 8.11. The highest BCUT2D eigenvalue weighted by molar-refractivity contribution is 5.93. The molecule has 0 atom stereocenters. The fourth-order valence-electron chi connectivity index (χ4n) is 4.42. The molecule has 4 heteroatoms. The molecule has 0 unspecified atom stereocenters. The van der Waals surface area contributed by atoms with Crippen molar-refractivity contribution >= 4 is 16.7 Å². The van der Waals surface area contributed by atoms with Gasteiger partial charge in [0, 0.05) is 44.0 Å². The topological polar surface area (TPSA) is 30.3 Å². The standard InChI is InChI=1S/C23H29N3O/c1-17-18(2)26(15-16-27-3)22-21(17)9-12-24-23(22)25-13-10-20(11-14-25)19-7-5-4-6-8-19/h4-9,12,20H,10-11,13-16H2,1-3H3. The van der Waals surface area contributed by atoms with Crippen LogP contribution >= 0.6 is 0 Å². The van der Waals surface area contributed by atoms with Gasteiger partial charge in [0.05, 0.1) is 12.1 Å². The lowest BCUT2D eigenvalue weighted by atomic mass is 9.89. The maximum atomic E-state index is 5.35. The third kappa shape index (κ3) is 3.34. The summed E-state index contributed by atoms with van der Waals surface area (Å²) in [4.78, 5) is 7.29. The minimum Gasteiger partial charge on any atom is -0.383 e. The molecule has 3 heterocycles. The van der Waals surface area contributed by atoms with Crippen LogP contribution in [0.25, 0.3) is 10.9 Å². The Hall–Kier alpha value is -2.33. The van der Waals surface area contributed by atoms with Gasteiger partial charge in [0.1, 0.15) is 0 Å². The van der Waals surface area contributed by atoms with Crippen molar-refractivity contribution in [3.05, 3.63) is 59.4 Å². The second kappa shape index (κ2) is 7.73. The molecule has 1 aliphatic rings. The Bertz CT molecular complexity index is 908. The number of hydrogen-bond acceptors (Lipinski definition) is 3. The molecular weight excluding hydrogens is 334 g/mol. The first kappa shape index (κ1) is 18.1. The van der Waals surface area contributed by atoms with Gasteiger partial charge in [-0.15, -0.1) is 0 Å². The molecule has 1 saturated heterocycles. The number of ether oxygens (including phenoxy) is 1. The number of aryl methyl sites for hydroxylation is 1. The van der Waals surface area contributed by atoms with Crippen LogP contribution in [-0.2, 0) is 11.3 Å². The van der Waals surface area contributed by atoms with Gasteiger partial charge in [-0.25, -0.2) is 4.98 Å². The van der Waals surface area contributed by atoms with E-state index in [0.717, 1.165) is 25.5 Å². The van der Waals surface area contributed by atoms with E-state index < -0.39 is 0 Å². The van der Waals surface area contributed by atoms with Crippen LogP contribution in [0.15, 0.2) is 42.6 Å². The number of hydrogen-bond donors (Lipinski definition) is 0. The van der Waals surface area contributed by atoms with Crippen LogP contribution in [0.5, 0.6) is 0 Å². The summed E-state index contributed by atoms with van der Waals surface area (Å²) in [6.07, 6.45) is 4.33. The lowest BCUT2D eigenvalue weighted by molar-refractivity contribution is 0.188. The Kier molecular flexibility index (Phi) is 5.17. The van der Waals surface area contributed by atoms with Gasteiger partial charge < -0.3 is 14.2 Å². The summed E-state index contributed by atoms with van der Waals surface area (Å²) in [5, 5.41) is 1.32. The number of piperidine rings is 1. The highest BCUT2D eigenvalue weighted by Crippen LogP contribution is 2.35. The van der Waals surface area contributed by atoms with E-state index in [0.29, 0.717) is 12.5 Å². The van der Waals surface area contributed by atoms with Crippen LogP contribution in [0.3, 0.4) is 0 Å². The van der Waals surface area contributed by atoms with Crippen molar-refractivity contribution in [3.8, 4) is 0 Å². The number of aromatic nitrogens is 2. The maximum absolute atomic E-state index is 5.35. The van der Waals surface area contributed by atoms with Gasteiger partial charge in [-0.3, -0.25) is 0 Å². The fourth-order valence-corrected chi connectivity index (χ4v) is 4.42. The van der Waals surface area contributed by atoms with Crippen LogP contribution < -0.4 is 4.90 Å². The summed E-state index contributed by atoms with van der Waals surface area (Å²) in [5.41, 5.74) is 5.40. The average molecular weight is 364 g/mol. The highest BCUT2D eigenvalue weighted by atomic mass is 16.5. The Morgan fingerprint density at radius 2 is 1.81 bits per heavy atom. The molecule has 0 aliphatic carbocycles. The van der Waals surface area contributed by atoms with Crippen LogP contribution in [-0.4, -0.2) is 36.4 Å². The molecule has 0 N–H and O–H groups in total. The SMILES string of the molecule is COCCn1c(C)c(C)c2ccnc(N3CCC(c4ccccc4)CC3)c21. The van der Waals surface area contributed by atoms with Crippen molar-refractivity contribution in [1.82, 2.24) is 9.55 Å². The van der Waals surface area contributed by atoms with Crippen molar-refractivity contribution in [2.24, 2.45) is 0 Å². The molecule has 142 valence electrons. The largest absolute Gasteiger partial charge is 0.383 e. The highest BCUT2D eigenvalue weighted by Gasteiger charge is 2.24. The molecule has 0 amide bonds. The van der Waals surface area contributed by atoms with E-state index in [1.807, 2.05) is 6.20 Å². The van der Waals surface area contributed by atoms with Crippen molar-refractivity contribution in [1.29, 1.82) is 0 Å². The molecule has 3 aromatic rings. The first-order valence-corrected chi connectivity index (χ1v) is 9.94. The Balaban J connectivity index is 1.63. The van der Waals surface area contributed by atoms with Crippen molar-refractivity contribution in [2.45, 2.75) is 39.2 Å². The summed E-state index contributed by atoms with van der Waals surface area (Å²) < 4.78 is 7.74. The summed E-state index contributed by atoms with van der Waals surface area (Å²) >= 11 is 0. The normalized spacial score (nSPS) is 15.6. The van der Waals surface area contributed by atoms with Gasteiger partial charge in [-0.1, -0.05) is 30.3 Å². The molecule has 0 radical (unpaired) electrons. The molecule has 1 fully saturated rings. The zero-order chi connectivity index (χ0) is 18.8. The van der Waals surface area contributed by atoms with E-state index in [9.17, 15) is 0 Å². The lowest BCUT2D eigenvalue weighted by Gasteiger charge is -2.33. The van der Waals surface area contributed by atoms with Gasteiger partial charge in [-0.05, 0) is 49.8 Å². The van der Waals surface area contributed by atoms with Gasteiger partial charge in [0.2, 0.25) is 0 Å². The monoisotopic (exact) mass is 363 g/mol. The third-order valence-electron chi connectivity index (χ3n) is 6.11. The second-order valence-electron chi connectivity index (χ2n) is 7.56. The molecule has 1 aromatic carbocycles. The van der Waals surface area contributed by atoms with Crippen molar-refractivity contribution in [3.63, 3.8) is 0 Å². The molecule has 0 saturated carbocycles. The molecule has 2 aromatic heterocycles. The Morgan fingerprint density at radius 3 is 2.52 bits per heavy atom. The van der Waals surface area contributed by atoms with Crippen molar-refractivity contribution < 1.29 is 4.74 Å². The van der Waals surface area contributed by atoms with Crippen molar-refractivity contribution in [2.75, 3.05) is 31.7 Å². The van der Waals surface area contributed by atoms with E-state index in [4.69, 9.17) is 9.72 Å². The van der Waals surface area contributed by atoms with E-state index in [1.54, 1.807) is 7.11 Å². The van der Waals surface area contributed by atoms with Gasteiger partial charge in [0.25, 0.3) is 0 Å². The molecule has 4 rings (SSSR count). The van der Waals surface area contributed by atoms with E-state index >= 15 is 0 Å². The number of methoxy groups -OCH3 is 1. The molecule has 0 bridgehead atoms. The maximum Gasteiger partial charge on any atom is 0.153 e. The summed E-state index contributed by atoms with van der Waals surface area (Å²) in [6, 6.07) is 13.1. The first-order valence-electron chi connectivity index (χ1n) is 9.94. The minimum absolute atomic E-state index is 0.658. The van der Waals surface area contributed by atoms with E-state index in [1.165, 1.54) is 40.6 Å². The number of anilines is 1. The quantitative estimate of drug-likeness (QED) is 0.659. The average Bonchev–Trinajstić information content (AvgIpc) is 2.97. The van der Waals surface area contributed by atoms with Crippen LogP contribution in [0.4, 0.5) is 5.82 Å². The van der Waals surface area contributed by atoms with Gasteiger partial charge in [0.15, 0.2) is 5.82 Å². The molecule has 4 nitrogen and oxygen atoms in total. The number of fused-ring (bicyclic) bond motifs is 1. The number of pyridine rings is 1. The zero-order valence-corrected chi connectivity index (χ0v) is 16.6. The molecule has 27 heavy (non-hydrogen) atoms. The second-order valence-corrected chi connectivity index (χ2v) is 7.56. The van der Waals surface area contributed by atoms with Crippen LogP contribution in [0, 0.1) is 13.8 Å². The van der Waals surface area contributed by atoms with Crippen LogP contribution in [0.2, 0.25) is 0 Å². The minimum atomic E-state index is 0.658. The summed E-state index contributed by atoms with van der Waals surface area (Å²) in [7, 11) is 1.77. The lowest BCUT2D eigenvalue weighted by Crippen LogP contribution is -2.34. The smallest absolute Gasteiger partial charge is 0.153 e. The van der Waals surface area contributed by atoms with Crippen LogP contribution in [0.1, 0.15) is 35.6 Å². The van der Waals surface area contributed by atoms with E-state index in [-0.39, 0.29) is 0 Å². The van der Waals surface area contributed by atoms with E-state index in [2.05, 4.69) is 59.7 Å². The Labute approximate surface area is 161 Å².